The third kappa shape index (κ3) is 2.03. The number of carbonyl (C=O) groups is 1. The zero-order valence-corrected chi connectivity index (χ0v) is 8.83. The second-order valence-corrected chi connectivity index (χ2v) is 6.21. The van der Waals surface area contributed by atoms with E-state index in [0.717, 1.165) is 0 Å². The van der Waals surface area contributed by atoms with Crippen LogP contribution in [0.2, 0.25) is 0 Å². The van der Waals surface area contributed by atoms with E-state index >= 15 is 0 Å². The van der Waals surface area contributed by atoms with Crippen molar-refractivity contribution in [2.45, 2.75) is 0 Å². The summed E-state index contributed by atoms with van der Waals surface area (Å²) in [6.45, 7) is 1.55. The van der Waals surface area contributed by atoms with E-state index in [1.807, 2.05) is 0 Å². The lowest BCUT2D eigenvalue weighted by Crippen LogP contribution is -2.23. The summed E-state index contributed by atoms with van der Waals surface area (Å²) in [5, 5.41) is 0.468. The number of amides is 1. The summed E-state index contributed by atoms with van der Waals surface area (Å²) in [7, 11) is -2.64. The quantitative estimate of drug-likeness (QED) is 0.707. The monoisotopic (exact) mass is 212 g/mol. The maximum Gasteiger partial charge on any atom is 0.249 e. The van der Waals surface area contributed by atoms with Gasteiger partial charge in [-0.3, -0.25) is 4.79 Å². The number of carbonyl (C=O) groups excluding carboxylic acids is 1. The van der Waals surface area contributed by atoms with Crippen LogP contribution in [0.3, 0.4) is 0 Å². The fourth-order valence-corrected chi connectivity index (χ4v) is 2.49. The minimum absolute atomic E-state index is 0.0390. The Hall–Kier alpha value is -1.12. The van der Waals surface area contributed by atoms with Crippen LogP contribution in [-0.2, 0) is 4.57 Å². The molecule has 0 saturated heterocycles. The van der Waals surface area contributed by atoms with Crippen molar-refractivity contribution in [3.8, 4) is 0 Å². The predicted octanol–water partition coefficient (Wildman–Crippen LogP) is 0.320. The van der Waals surface area contributed by atoms with Gasteiger partial charge in [-0.25, -0.2) is 0 Å². The molecule has 5 heteroatoms. The normalized spacial score (nSPS) is 14.7. The van der Waals surface area contributed by atoms with E-state index in [2.05, 4.69) is 0 Å². The molecular weight excluding hydrogens is 199 g/mol. The fraction of sp³-hybridized carbons (Fsp3) is 0.222. The highest BCUT2D eigenvalue weighted by Gasteiger charge is 2.21. The summed E-state index contributed by atoms with van der Waals surface area (Å²) < 4.78 is 12.0. The molecule has 1 aromatic carbocycles. The molecule has 0 radical (unpaired) electrons. The number of hydrogen-bond donors (Lipinski definition) is 2. The Kier molecular flexibility index (Phi) is 3.09. The summed E-state index contributed by atoms with van der Waals surface area (Å²) in [6.07, 6.45) is 0.0390. The third-order valence-corrected chi connectivity index (χ3v) is 4.13. The second kappa shape index (κ2) is 3.95. The van der Waals surface area contributed by atoms with Crippen LogP contribution in [0.1, 0.15) is 10.4 Å². The van der Waals surface area contributed by atoms with Gasteiger partial charge in [-0.15, -0.1) is 0 Å². The minimum atomic E-state index is -2.64. The summed E-state index contributed by atoms with van der Waals surface area (Å²) >= 11 is 0. The molecular formula is C9H13N2O2P. The van der Waals surface area contributed by atoms with Crippen molar-refractivity contribution >= 4 is 18.4 Å². The fourth-order valence-electron chi connectivity index (χ4n) is 1.19. The number of benzene rings is 1. The first-order chi connectivity index (χ1) is 6.49. The Bertz CT molecular complexity index is 404. The van der Waals surface area contributed by atoms with Gasteiger partial charge in [0, 0.05) is 10.9 Å². The SMILES string of the molecule is CP(=O)(CN)c1ccccc1C(N)=O. The molecule has 1 amide bonds. The molecule has 1 atom stereocenters. The van der Waals surface area contributed by atoms with Gasteiger partial charge in [-0.2, -0.15) is 0 Å². The average Bonchev–Trinajstić information content (AvgIpc) is 2.18. The lowest BCUT2D eigenvalue weighted by atomic mass is 10.2. The van der Waals surface area contributed by atoms with Gasteiger partial charge in [0.05, 0.1) is 6.29 Å². The molecule has 76 valence electrons. The summed E-state index contributed by atoms with van der Waals surface area (Å²) in [5.41, 5.74) is 10.9. The highest BCUT2D eigenvalue weighted by molar-refractivity contribution is 7.71. The van der Waals surface area contributed by atoms with Gasteiger partial charge in [0.2, 0.25) is 5.91 Å². The number of primary amides is 1. The van der Waals surface area contributed by atoms with E-state index in [-0.39, 0.29) is 6.29 Å². The molecule has 0 aliphatic heterocycles. The summed E-state index contributed by atoms with van der Waals surface area (Å²) in [5.74, 6) is -0.573. The molecule has 14 heavy (non-hydrogen) atoms. The highest BCUT2D eigenvalue weighted by Crippen LogP contribution is 2.38. The zero-order valence-electron chi connectivity index (χ0n) is 7.93. The van der Waals surface area contributed by atoms with Gasteiger partial charge < -0.3 is 16.0 Å². The van der Waals surface area contributed by atoms with E-state index < -0.39 is 13.0 Å². The molecule has 0 aliphatic carbocycles. The molecule has 0 fully saturated rings. The van der Waals surface area contributed by atoms with Crippen LogP contribution >= 0.6 is 7.14 Å². The standard InChI is InChI=1S/C9H13N2O2P/c1-14(13,6-10)8-5-3-2-4-7(8)9(11)12/h2-5H,6,10H2,1H3,(H2,11,12). The first-order valence-electron chi connectivity index (χ1n) is 4.15. The van der Waals surface area contributed by atoms with Crippen LogP contribution in [0.4, 0.5) is 0 Å². The van der Waals surface area contributed by atoms with E-state index in [0.29, 0.717) is 10.9 Å². The molecule has 0 spiro atoms. The lowest BCUT2D eigenvalue weighted by molar-refractivity contribution is 0.100. The smallest absolute Gasteiger partial charge is 0.249 e. The van der Waals surface area contributed by atoms with Crippen molar-refractivity contribution in [1.29, 1.82) is 0 Å². The van der Waals surface area contributed by atoms with Gasteiger partial charge in [0.25, 0.3) is 0 Å². The van der Waals surface area contributed by atoms with Crippen molar-refractivity contribution in [3.63, 3.8) is 0 Å². The first-order valence-corrected chi connectivity index (χ1v) is 6.49. The summed E-state index contributed by atoms with van der Waals surface area (Å²) in [6, 6.07) is 6.59. The van der Waals surface area contributed by atoms with E-state index in [1.54, 1.807) is 30.9 Å². The van der Waals surface area contributed by atoms with Crippen molar-refractivity contribution in [1.82, 2.24) is 0 Å². The van der Waals surface area contributed by atoms with E-state index in [9.17, 15) is 9.36 Å². The molecule has 1 rings (SSSR count). The molecule has 4 N–H and O–H groups in total. The lowest BCUT2D eigenvalue weighted by Gasteiger charge is -2.13. The maximum atomic E-state index is 12.0. The molecule has 1 aromatic rings. The largest absolute Gasteiger partial charge is 0.366 e. The van der Waals surface area contributed by atoms with E-state index in [4.69, 9.17) is 11.5 Å². The van der Waals surface area contributed by atoms with Crippen molar-refractivity contribution in [3.05, 3.63) is 29.8 Å². The Morgan fingerprint density at radius 2 is 2.00 bits per heavy atom. The second-order valence-electron chi connectivity index (χ2n) is 3.16. The average molecular weight is 212 g/mol. The van der Waals surface area contributed by atoms with Crippen LogP contribution in [0, 0.1) is 0 Å². The minimum Gasteiger partial charge on any atom is -0.366 e. The van der Waals surface area contributed by atoms with Crippen molar-refractivity contribution in [2.75, 3.05) is 13.0 Å². The van der Waals surface area contributed by atoms with Crippen LogP contribution in [0.25, 0.3) is 0 Å². The molecule has 0 aromatic heterocycles. The molecule has 4 nitrogen and oxygen atoms in total. The number of hydrogen-bond acceptors (Lipinski definition) is 3. The van der Waals surface area contributed by atoms with Crippen LogP contribution in [-0.4, -0.2) is 18.9 Å². The van der Waals surface area contributed by atoms with Crippen LogP contribution < -0.4 is 16.8 Å². The molecule has 0 saturated carbocycles. The Morgan fingerprint density at radius 1 is 1.43 bits per heavy atom. The molecule has 0 aliphatic rings. The van der Waals surface area contributed by atoms with Gasteiger partial charge in [0.15, 0.2) is 0 Å². The number of nitrogens with two attached hydrogens (primary N) is 2. The molecule has 0 bridgehead atoms. The zero-order chi connectivity index (χ0) is 10.8. The topological polar surface area (TPSA) is 86.2 Å². The summed E-state index contributed by atoms with van der Waals surface area (Å²) in [4.78, 5) is 11.0. The third-order valence-electron chi connectivity index (χ3n) is 2.03. The van der Waals surface area contributed by atoms with Gasteiger partial charge in [-0.1, -0.05) is 18.2 Å². The first kappa shape index (κ1) is 11.0. The van der Waals surface area contributed by atoms with Crippen LogP contribution in [0.5, 0.6) is 0 Å². The van der Waals surface area contributed by atoms with Crippen molar-refractivity contribution < 1.29 is 9.36 Å². The van der Waals surface area contributed by atoms with Gasteiger partial charge in [0.1, 0.15) is 7.14 Å². The molecule has 0 heterocycles. The Balaban J connectivity index is 3.34. The Morgan fingerprint density at radius 3 is 2.50 bits per heavy atom. The Labute approximate surface area is 82.7 Å². The van der Waals surface area contributed by atoms with E-state index in [1.165, 1.54) is 0 Å². The predicted molar refractivity (Wildman–Crippen MR) is 57.2 cm³/mol. The van der Waals surface area contributed by atoms with Crippen LogP contribution in [0.15, 0.2) is 24.3 Å². The maximum absolute atomic E-state index is 12.0. The molecule has 1 unspecified atom stereocenters. The highest BCUT2D eigenvalue weighted by atomic mass is 31.2. The van der Waals surface area contributed by atoms with Gasteiger partial charge >= 0.3 is 0 Å². The van der Waals surface area contributed by atoms with Gasteiger partial charge in [-0.05, 0) is 12.7 Å². The number of rotatable bonds is 3. The van der Waals surface area contributed by atoms with Crippen molar-refractivity contribution in [2.24, 2.45) is 11.5 Å².